The summed E-state index contributed by atoms with van der Waals surface area (Å²) in [6.07, 6.45) is 15.0. The van der Waals surface area contributed by atoms with Crippen LogP contribution < -0.4 is 23.7 Å². The predicted octanol–water partition coefficient (Wildman–Crippen LogP) is 12.3. The van der Waals surface area contributed by atoms with Crippen molar-refractivity contribution in [2.75, 3.05) is 39.6 Å². The fraction of sp³-hybridized carbons (Fsp3) is 0.520. The lowest BCUT2D eigenvalue weighted by molar-refractivity contribution is -0.285. The van der Waals surface area contributed by atoms with Crippen LogP contribution in [0.1, 0.15) is 107 Å². The second-order valence-corrected chi connectivity index (χ2v) is 16.7. The van der Waals surface area contributed by atoms with E-state index in [4.69, 9.17) is 37.9 Å². The molecule has 7 rings (SSSR count). The average Bonchev–Trinajstić information content (AvgIpc) is 3.31. The van der Waals surface area contributed by atoms with Crippen LogP contribution in [0.2, 0.25) is 0 Å². The van der Waals surface area contributed by atoms with E-state index in [0.717, 1.165) is 37.9 Å². The monoisotopic (exact) mass is 900 g/mol. The van der Waals surface area contributed by atoms with E-state index in [9.17, 15) is 17.6 Å². The summed E-state index contributed by atoms with van der Waals surface area (Å²) in [5.41, 5.74) is 0.916. The lowest BCUT2D eigenvalue weighted by atomic mass is 9.88. The summed E-state index contributed by atoms with van der Waals surface area (Å²) in [5, 5.41) is 0. The highest BCUT2D eigenvalue weighted by Gasteiger charge is 2.37. The molecule has 1 fully saturated rings. The molecular weight excluding hydrogens is 843 g/mol. The molecule has 3 heterocycles. The molecule has 0 N–H and O–H groups in total. The van der Waals surface area contributed by atoms with Crippen molar-refractivity contribution in [3.8, 4) is 28.7 Å². The van der Waals surface area contributed by atoms with Gasteiger partial charge in [-0.25, -0.2) is 4.39 Å². The molecule has 3 aromatic rings. The Morgan fingerprint density at radius 1 is 0.672 bits per heavy atom. The van der Waals surface area contributed by atoms with Crippen LogP contribution in [0, 0.1) is 46.7 Å². The lowest BCUT2D eigenvalue weighted by Crippen LogP contribution is -2.43. The number of aryl methyl sites for hydroxylation is 2. The van der Waals surface area contributed by atoms with E-state index in [-0.39, 0.29) is 84.9 Å². The van der Waals surface area contributed by atoms with E-state index in [1.54, 1.807) is 13.8 Å². The summed E-state index contributed by atoms with van der Waals surface area (Å²) >= 11 is 0. The number of unbranched alkanes of at least 4 members (excludes halogenated alkanes) is 4. The molecule has 8 nitrogen and oxygen atoms in total. The fourth-order valence-electron chi connectivity index (χ4n) is 8.72. The lowest BCUT2D eigenvalue weighted by Gasteiger charge is -2.40. The maximum atomic E-state index is 15.3. The van der Waals surface area contributed by atoms with Crippen LogP contribution in [-0.4, -0.2) is 51.5 Å². The molecule has 0 saturated carbocycles. The van der Waals surface area contributed by atoms with Crippen molar-refractivity contribution in [3.05, 3.63) is 113 Å². The van der Waals surface area contributed by atoms with Crippen LogP contribution in [0.4, 0.5) is 26.3 Å². The summed E-state index contributed by atoms with van der Waals surface area (Å²) in [7, 11) is 0. The van der Waals surface area contributed by atoms with Gasteiger partial charge in [0.1, 0.15) is 18.0 Å². The van der Waals surface area contributed by atoms with Crippen LogP contribution in [0.3, 0.4) is 0 Å². The minimum Gasteiger partial charge on any atom is -0.494 e. The third-order valence-corrected chi connectivity index (χ3v) is 12.3. The van der Waals surface area contributed by atoms with Gasteiger partial charge in [-0.3, -0.25) is 0 Å². The summed E-state index contributed by atoms with van der Waals surface area (Å²) in [4.78, 5) is 0. The predicted molar refractivity (Wildman–Crippen MR) is 228 cm³/mol. The zero-order valence-electron chi connectivity index (χ0n) is 36.6. The topological polar surface area (TPSA) is 73.8 Å². The van der Waals surface area contributed by atoms with E-state index in [2.05, 4.69) is 6.58 Å². The maximum Gasteiger partial charge on any atom is 0.204 e. The molecule has 3 atom stereocenters. The van der Waals surface area contributed by atoms with Crippen LogP contribution >= 0.6 is 0 Å². The molecule has 348 valence electrons. The van der Waals surface area contributed by atoms with Gasteiger partial charge in [-0.15, -0.1) is 6.58 Å². The highest BCUT2D eigenvalue weighted by molar-refractivity contribution is 5.46. The Balaban J connectivity index is 0.809. The van der Waals surface area contributed by atoms with Crippen molar-refractivity contribution in [3.63, 3.8) is 0 Å². The molecule has 0 radical (unpaired) electrons. The molecule has 0 aromatic heterocycles. The minimum atomic E-state index is -1.22. The van der Waals surface area contributed by atoms with Crippen LogP contribution in [0.25, 0.3) is 0 Å². The molecule has 1 aliphatic carbocycles. The highest BCUT2D eigenvalue weighted by Crippen LogP contribution is 2.43. The molecule has 3 aromatic carbocycles. The van der Waals surface area contributed by atoms with Gasteiger partial charge in [-0.1, -0.05) is 12.2 Å². The normalized spacial score (nSPS) is 22.7. The molecule has 1 saturated heterocycles. The third kappa shape index (κ3) is 11.0. The van der Waals surface area contributed by atoms with Crippen LogP contribution in [0.5, 0.6) is 28.7 Å². The Labute approximate surface area is 371 Å². The van der Waals surface area contributed by atoms with Crippen LogP contribution in [-0.2, 0) is 27.1 Å². The zero-order valence-corrected chi connectivity index (χ0v) is 36.6. The van der Waals surface area contributed by atoms with Gasteiger partial charge in [-0.05, 0) is 121 Å². The molecule has 0 bridgehead atoms. The van der Waals surface area contributed by atoms with E-state index < -0.39 is 46.8 Å². The molecule has 14 heteroatoms. The first-order chi connectivity index (χ1) is 31.0. The first kappa shape index (κ1) is 47.2. The smallest absolute Gasteiger partial charge is 0.204 e. The van der Waals surface area contributed by atoms with Gasteiger partial charge >= 0.3 is 0 Å². The fourth-order valence-corrected chi connectivity index (χ4v) is 8.72. The highest BCUT2D eigenvalue weighted by atomic mass is 19.2. The first-order valence-corrected chi connectivity index (χ1v) is 22.7. The molecule has 4 aliphatic rings. The molecule has 3 unspecified atom stereocenters. The molecule has 64 heavy (non-hydrogen) atoms. The van der Waals surface area contributed by atoms with Gasteiger partial charge in [0.15, 0.2) is 40.4 Å². The summed E-state index contributed by atoms with van der Waals surface area (Å²) in [6, 6.07) is 5.61. The van der Waals surface area contributed by atoms with Gasteiger partial charge in [-0.2, -0.15) is 22.0 Å². The standard InChI is InChI=1S/C50H58F6O8/c1-4-31-29-61-50(62-30-31,23-9-7-11-25-59-35-17-13-32(14-18-35)37-20-15-33-27-40(57-5-2)44(53)46(55)48(33)63-37)24-10-8-12-26-60-39-22-19-36(42(51)43(39)52)38-21-16-34-28-41(58-6-3)45(54)47(56)49(34)64-38/h4,13,17-19,22,27-28,31-32,37-38H,1,5-12,14-16,20-21,23-26,29-30H2,2-3H3. The van der Waals surface area contributed by atoms with Crippen molar-refractivity contribution in [1.82, 2.24) is 0 Å². The number of hydrogen-bond acceptors (Lipinski definition) is 8. The first-order valence-electron chi connectivity index (χ1n) is 22.7. The third-order valence-electron chi connectivity index (χ3n) is 12.3. The van der Waals surface area contributed by atoms with Gasteiger partial charge in [0.2, 0.25) is 29.1 Å². The number of ether oxygens (including phenoxy) is 8. The van der Waals surface area contributed by atoms with Gasteiger partial charge in [0, 0.05) is 41.4 Å². The second kappa shape index (κ2) is 21.9. The van der Waals surface area contributed by atoms with E-state index in [1.807, 2.05) is 24.3 Å². The number of rotatable bonds is 21. The number of fused-ring (bicyclic) bond motifs is 2. The van der Waals surface area contributed by atoms with Crippen molar-refractivity contribution in [2.24, 2.45) is 11.8 Å². The Hall–Kier alpha value is -4.82. The quantitative estimate of drug-likeness (QED) is 0.0595. The Kier molecular flexibility index (Phi) is 16.1. The van der Waals surface area contributed by atoms with Gasteiger partial charge in [0.25, 0.3) is 0 Å². The van der Waals surface area contributed by atoms with Gasteiger partial charge in [0.05, 0.1) is 39.6 Å². The Morgan fingerprint density at radius 3 is 1.86 bits per heavy atom. The maximum absolute atomic E-state index is 15.3. The van der Waals surface area contributed by atoms with E-state index >= 15 is 8.78 Å². The summed E-state index contributed by atoms with van der Waals surface area (Å²) in [5.74, 6) is -7.44. The molecule has 0 spiro atoms. The van der Waals surface area contributed by atoms with Gasteiger partial charge < -0.3 is 37.9 Å². The van der Waals surface area contributed by atoms with Crippen molar-refractivity contribution < 1.29 is 64.2 Å². The van der Waals surface area contributed by atoms with Crippen molar-refractivity contribution in [2.45, 2.75) is 115 Å². The Morgan fingerprint density at radius 2 is 1.27 bits per heavy atom. The number of hydrogen-bond donors (Lipinski definition) is 0. The largest absolute Gasteiger partial charge is 0.494 e. The number of benzene rings is 3. The molecule has 3 aliphatic heterocycles. The Bertz CT molecular complexity index is 2150. The second-order valence-electron chi connectivity index (χ2n) is 16.7. The summed E-state index contributed by atoms with van der Waals surface area (Å²) in [6.45, 7) is 9.42. The van der Waals surface area contributed by atoms with E-state index in [1.165, 1.54) is 24.3 Å². The van der Waals surface area contributed by atoms with E-state index in [0.29, 0.717) is 69.5 Å². The van der Waals surface area contributed by atoms with Crippen LogP contribution in [0.15, 0.2) is 60.9 Å². The number of halogens is 6. The number of allylic oxidation sites excluding steroid dienone is 2. The molecular formula is C50H58F6O8. The van der Waals surface area contributed by atoms with Crippen molar-refractivity contribution in [1.29, 1.82) is 0 Å². The van der Waals surface area contributed by atoms with Crippen molar-refractivity contribution >= 4 is 0 Å². The zero-order chi connectivity index (χ0) is 45.2. The summed E-state index contributed by atoms with van der Waals surface area (Å²) < 4.78 is 136. The molecule has 0 amide bonds. The SMILES string of the molecule is C=CC1COC(CCCCCOC2=CCC(C3CCc4cc(OCC)c(F)c(F)c4O3)C=C2)(CCCCCOc2ccc(C3CCc4cc(OCC)c(F)c(F)c4O3)c(F)c2F)OC1. The average molecular weight is 901 g/mol. The minimum absolute atomic E-state index is 0.0169.